The molecule has 2 heterocycles. The number of H-pyrrole nitrogens is 1. The van der Waals surface area contributed by atoms with Gasteiger partial charge in [-0.25, -0.2) is 4.79 Å². The van der Waals surface area contributed by atoms with E-state index in [0.717, 1.165) is 35.1 Å². The molecule has 128 valence electrons. The summed E-state index contributed by atoms with van der Waals surface area (Å²) in [7, 11) is 0. The van der Waals surface area contributed by atoms with Crippen molar-refractivity contribution in [2.75, 3.05) is 6.54 Å². The number of nitrogens with zero attached hydrogens (tertiary/aromatic N) is 2. The molecular weight excluding hydrogens is 338 g/mol. The number of carbonyl (C=O) groups is 1. The van der Waals surface area contributed by atoms with Crippen molar-refractivity contribution in [3.8, 4) is 0 Å². The number of halogens is 1. The minimum absolute atomic E-state index is 0.135. The second kappa shape index (κ2) is 6.41. The largest absolute Gasteiger partial charge is 0.338 e. The van der Waals surface area contributed by atoms with Gasteiger partial charge in [0, 0.05) is 24.5 Å². The molecule has 25 heavy (non-hydrogen) atoms. The molecule has 4 rings (SSSR count). The molecule has 0 bridgehead atoms. The maximum atomic E-state index is 12.2. The molecule has 5 nitrogen and oxygen atoms in total. The van der Waals surface area contributed by atoms with Crippen molar-refractivity contribution in [3.63, 3.8) is 0 Å². The Hall–Kier alpha value is -2.53. The third-order valence-corrected chi connectivity index (χ3v) is 5.02. The average molecular weight is 356 g/mol. The quantitative estimate of drug-likeness (QED) is 0.781. The zero-order chi connectivity index (χ0) is 17.4. The highest BCUT2D eigenvalue weighted by Crippen LogP contribution is 2.23. The molecule has 0 spiro atoms. The van der Waals surface area contributed by atoms with E-state index in [1.165, 1.54) is 0 Å². The van der Waals surface area contributed by atoms with Crippen molar-refractivity contribution in [1.82, 2.24) is 14.5 Å². The molecular formula is C19H18ClN3O2. The highest BCUT2D eigenvalue weighted by molar-refractivity contribution is 6.31. The van der Waals surface area contributed by atoms with Crippen LogP contribution in [0.5, 0.6) is 0 Å². The van der Waals surface area contributed by atoms with E-state index < -0.39 is 0 Å². The molecule has 1 aliphatic heterocycles. The molecule has 1 saturated heterocycles. The first-order valence-corrected chi connectivity index (χ1v) is 8.72. The summed E-state index contributed by atoms with van der Waals surface area (Å²) < 4.78 is 1.70. The lowest BCUT2D eigenvalue weighted by Gasteiger charge is -2.17. The molecule has 0 saturated carbocycles. The van der Waals surface area contributed by atoms with Gasteiger partial charge < -0.3 is 9.88 Å². The van der Waals surface area contributed by atoms with Gasteiger partial charge in [0.2, 0.25) is 5.91 Å². The van der Waals surface area contributed by atoms with Crippen molar-refractivity contribution < 1.29 is 4.79 Å². The first-order chi connectivity index (χ1) is 12.1. The van der Waals surface area contributed by atoms with Gasteiger partial charge in [-0.3, -0.25) is 9.36 Å². The number of benzene rings is 2. The molecule has 6 heteroatoms. The van der Waals surface area contributed by atoms with E-state index in [-0.39, 0.29) is 11.6 Å². The maximum Gasteiger partial charge on any atom is 0.326 e. The van der Waals surface area contributed by atoms with Crippen LogP contribution in [0, 0.1) is 0 Å². The summed E-state index contributed by atoms with van der Waals surface area (Å²) in [5.74, 6) is 0.186. The molecule has 1 aliphatic rings. The Balaban J connectivity index is 1.59. The molecule has 3 aromatic rings. The Labute approximate surface area is 149 Å². The second-order valence-corrected chi connectivity index (χ2v) is 6.79. The SMILES string of the molecule is O=C1CCCN1Cc1ccc(Cn2c(=O)[nH]c3ccccc32)cc1Cl. The molecule has 0 radical (unpaired) electrons. The molecule has 1 aromatic heterocycles. The van der Waals surface area contributed by atoms with E-state index in [9.17, 15) is 9.59 Å². The van der Waals surface area contributed by atoms with Gasteiger partial charge in [0.15, 0.2) is 0 Å². The Bertz CT molecular complexity index is 1010. The summed E-state index contributed by atoms with van der Waals surface area (Å²) in [5.41, 5.74) is 3.45. The third kappa shape index (κ3) is 3.07. The highest BCUT2D eigenvalue weighted by atomic mass is 35.5. The number of aromatic nitrogens is 2. The number of hydrogen-bond acceptors (Lipinski definition) is 2. The van der Waals surface area contributed by atoms with Crippen molar-refractivity contribution in [2.24, 2.45) is 0 Å². The summed E-state index contributed by atoms with van der Waals surface area (Å²) in [6.45, 7) is 1.79. The van der Waals surface area contributed by atoms with E-state index in [1.807, 2.05) is 47.4 Å². The zero-order valence-electron chi connectivity index (χ0n) is 13.7. The molecule has 0 aliphatic carbocycles. The van der Waals surface area contributed by atoms with Crippen LogP contribution in [0.15, 0.2) is 47.3 Å². The van der Waals surface area contributed by atoms with Crippen LogP contribution in [0.3, 0.4) is 0 Å². The second-order valence-electron chi connectivity index (χ2n) is 6.38. The van der Waals surface area contributed by atoms with E-state index >= 15 is 0 Å². The normalized spacial score (nSPS) is 14.6. The molecule has 1 fully saturated rings. The maximum absolute atomic E-state index is 12.2. The summed E-state index contributed by atoms with van der Waals surface area (Å²) in [6.07, 6.45) is 1.54. The summed E-state index contributed by atoms with van der Waals surface area (Å²) in [4.78, 5) is 28.7. The molecule has 1 N–H and O–H groups in total. The standard InChI is InChI=1S/C19H18ClN3O2/c20-15-10-13(7-8-14(15)12-22-9-3-6-18(22)24)11-23-17-5-2-1-4-16(17)21-19(23)25/h1-2,4-5,7-8,10H,3,6,9,11-12H2,(H,21,25). The predicted octanol–water partition coefficient (Wildman–Crippen LogP) is 3.15. The van der Waals surface area contributed by atoms with E-state index in [2.05, 4.69) is 4.98 Å². The monoisotopic (exact) mass is 355 g/mol. The fourth-order valence-corrected chi connectivity index (χ4v) is 3.60. The number of carbonyl (C=O) groups excluding carboxylic acids is 1. The lowest BCUT2D eigenvalue weighted by Crippen LogP contribution is -2.24. The van der Waals surface area contributed by atoms with Gasteiger partial charge in [0.05, 0.1) is 17.6 Å². The lowest BCUT2D eigenvalue weighted by molar-refractivity contribution is -0.128. The minimum atomic E-state index is -0.135. The summed E-state index contributed by atoms with van der Waals surface area (Å²) in [6, 6.07) is 13.4. The Morgan fingerprint density at radius 1 is 1.08 bits per heavy atom. The number of hydrogen-bond donors (Lipinski definition) is 1. The minimum Gasteiger partial charge on any atom is -0.338 e. The van der Waals surface area contributed by atoms with Gasteiger partial charge in [-0.05, 0) is 35.7 Å². The van der Waals surface area contributed by atoms with Crippen LogP contribution in [-0.2, 0) is 17.9 Å². The van der Waals surface area contributed by atoms with Gasteiger partial charge in [-0.1, -0.05) is 35.9 Å². The van der Waals surface area contributed by atoms with Crippen molar-refractivity contribution in [1.29, 1.82) is 0 Å². The smallest absolute Gasteiger partial charge is 0.326 e. The first-order valence-electron chi connectivity index (χ1n) is 8.34. The molecule has 0 atom stereocenters. The van der Waals surface area contributed by atoms with Crippen molar-refractivity contribution in [2.45, 2.75) is 25.9 Å². The average Bonchev–Trinajstić information content (AvgIpc) is 3.14. The van der Waals surface area contributed by atoms with Gasteiger partial charge in [0.25, 0.3) is 0 Å². The topological polar surface area (TPSA) is 58.1 Å². The number of para-hydroxylation sites is 2. The van der Waals surface area contributed by atoms with E-state index in [0.29, 0.717) is 24.5 Å². The van der Waals surface area contributed by atoms with Crippen molar-refractivity contribution >= 4 is 28.5 Å². The fourth-order valence-electron chi connectivity index (χ4n) is 3.34. The first kappa shape index (κ1) is 16.0. The van der Waals surface area contributed by atoms with Gasteiger partial charge in [-0.2, -0.15) is 0 Å². The Morgan fingerprint density at radius 3 is 2.68 bits per heavy atom. The number of likely N-dealkylation sites (tertiary alicyclic amines) is 1. The van der Waals surface area contributed by atoms with Gasteiger partial charge >= 0.3 is 5.69 Å². The number of nitrogens with one attached hydrogen (secondary N) is 1. The summed E-state index contributed by atoms with van der Waals surface area (Å²) in [5, 5.41) is 0.630. The highest BCUT2D eigenvalue weighted by Gasteiger charge is 2.21. The van der Waals surface area contributed by atoms with E-state index in [4.69, 9.17) is 11.6 Å². The van der Waals surface area contributed by atoms with Crippen LogP contribution in [0.4, 0.5) is 0 Å². The molecule has 0 unspecified atom stereocenters. The van der Waals surface area contributed by atoms with Crippen LogP contribution < -0.4 is 5.69 Å². The van der Waals surface area contributed by atoms with E-state index in [1.54, 1.807) is 4.57 Å². The van der Waals surface area contributed by atoms with Gasteiger partial charge in [0.1, 0.15) is 0 Å². The van der Waals surface area contributed by atoms with Crippen LogP contribution in [-0.4, -0.2) is 26.9 Å². The van der Waals surface area contributed by atoms with Crippen LogP contribution in [0.1, 0.15) is 24.0 Å². The number of aromatic amines is 1. The number of rotatable bonds is 4. The number of fused-ring (bicyclic) bond motifs is 1. The summed E-state index contributed by atoms with van der Waals surface area (Å²) >= 11 is 6.42. The number of amides is 1. The molecule has 1 amide bonds. The fraction of sp³-hybridized carbons (Fsp3) is 0.263. The molecule has 2 aromatic carbocycles. The lowest BCUT2D eigenvalue weighted by atomic mass is 10.1. The Kier molecular flexibility index (Phi) is 4.09. The predicted molar refractivity (Wildman–Crippen MR) is 97.8 cm³/mol. The number of imidazole rings is 1. The van der Waals surface area contributed by atoms with Crippen LogP contribution in [0.2, 0.25) is 5.02 Å². The van der Waals surface area contributed by atoms with Crippen molar-refractivity contribution in [3.05, 3.63) is 69.1 Å². The zero-order valence-corrected chi connectivity index (χ0v) is 14.4. The Morgan fingerprint density at radius 2 is 1.92 bits per heavy atom. The van der Waals surface area contributed by atoms with Crippen LogP contribution >= 0.6 is 11.6 Å². The van der Waals surface area contributed by atoms with Gasteiger partial charge in [-0.15, -0.1) is 0 Å². The third-order valence-electron chi connectivity index (χ3n) is 4.67. The van der Waals surface area contributed by atoms with Crippen LogP contribution in [0.25, 0.3) is 11.0 Å².